The highest BCUT2D eigenvalue weighted by Gasteiger charge is 2.12. The number of hydrogen-bond donors (Lipinski definition) is 2. The topological polar surface area (TPSA) is 81.2 Å². The van der Waals surface area contributed by atoms with Crippen LogP contribution in [0.1, 0.15) is 26.2 Å². The molecule has 0 aliphatic carbocycles. The number of nitro benzene ring substituents is 1. The summed E-state index contributed by atoms with van der Waals surface area (Å²) in [6, 6.07) is 4.88. The summed E-state index contributed by atoms with van der Waals surface area (Å²) < 4.78 is 0.687. The first-order chi connectivity index (χ1) is 8.58. The van der Waals surface area contributed by atoms with Crippen LogP contribution in [0.2, 0.25) is 0 Å². The minimum Gasteiger partial charge on any atom is -0.380 e. The molecule has 0 radical (unpaired) electrons. The number of rotatable bonds is 7. The first-order valence-electron chi connectivity index (χ1n) is 5.99. The van der Waals surface area contributed by atoms with E-state index < -0.39 is 4.92 Å². The quantitative estimate of drug-likeness (QED) is 0.597. The fourth-order valence-corrected chi connectivity index (χ4v) is 2.14. The van der Waals surface area contributed by atoms with Crippen LogP contribution in [0, 0.1) is 10.1 Å². The van der Waals surface area contributed by atoms with Gasteiger partial charge in [-0.3, -0.25) is 10.1 Å². The maximum Gasteiger partial charge on any atom is 0.270 e. The molecule has 100 valence electrons. The highest BCUT2D eigenvalue weighted by Crippen LogP contribution is 2.27. The van der Waals surface area contributed by atoms with Crippen molar-refractivity contribution in [3.63, 3.8) is 0 Å². The van der Waals surface area contributed by atoms with Crippen LogP contribution < -0.4 is 11.1 Å². The summed E-state index contributed by atoms with van der Waals surface area (Å²) in [4.78, 5) is 10.2. The Morgan fingerprint density at radius 3 is 2.78 bits per heavy atom. The predicted octanol–water partition coefficient (Wildman–Crippen LogP) is 3.29. The molecule has 0 heterocycles. The second-order valence-corrected chi connectivity index (χ2v) is 4.99. The monoisotopic (exact) mass is 315 g/mol. The number of benzene rings is 1. The average Bonchev–Trinajstić information content (AvgIpc) is 2.35. The molecule has 0 aliphatic heterocycles. The van der Waals surface area contributed by atoms with Gasteiger partial charge in [0.1, 0.15) is 0 Å². The van der Waals surface area contributed by atoms with Gasteiger partial charge in [0.05, 0.1) is 4.92 Å². The lowest BCUT2D eigenvalue weighted by atomic mass is 10.1. The van der Waals surface area contributed by atoms with Gasteiger partial charge in [-0.25, -0.2) is 0 Å². The Labute approximate surface area is 115 Å². The van der Waals surface area contributed by atoms with Crippen LogP contribution in [0.25, 0.3) is 0 Å². The molecule has 5 nitrogen and oxygen atoms in total. The van der Waals surface area contributed by atoms with E-state index in [1.54, 1.807) is 6.07 Å². The molecule has 0 bridgehead atoms. The number of nitrogens with two attached hydrogens (primary N) is 1. The van der Waals surface area contributed by atoms with E-state index in [4.69, 9.17) is 5.73 Å². The number of anilines is 1. The van der Waals surface area contributed by atoms with Crippen molar-refractivity contribution in [2.24, 2.45) is 5.73 Å². The maximum absolute atomic E-state index is 10.6. The molecule has 0 amide bonds. The third-order valence-corrected chi connectivity index (χ3v) is 3.37. The number of nitro groups is 1. The van der Waals surface area contributed by atoms with Crippen LogP contribution in [0.5, 0.6) is 0 Å². The summed E-state index contributed by atoms with van der Waals surface area (Å²) in [7, 11) is 0. The molecular formula is C12H18BrN3O2. The Morgan fingerprint density at radius 2 is 2.28 bits per heavy atom. The summed E-state index contributed by atoms with van der Waals surface area (Å²) in [5, 5.41) is 13.9. The highest BCUT2D eigenvalue weighted by molar-refractivity contribution is 9.10. The third kappa shape index (κ3) is 4.27. The van der Waals surface area contributed by atoms with E-state index in [1.165, 1.54) is 12.1 Å². The smallest absolute Gasteiger partial charge is 0.270 e. The van der Waals surface area contributed by atoms with Crippen molar-refractivity contribution in [2.45, 2.75) is 32.2 Å². The Kier molecular flexibility index (Phi) is 6.07. The second kappa shape index (κ2) is 7.33. The molecule has 0 fully saturated rings. The zero-order valence-corrected chi connectivity index (χ0v) is 11.9. The van der Waals surface area contributed by atoms with E-state index in [9.17, 15) is 10.1 Å². The summed E-state index contributed by atoms with van der Waals surface area (Å²) in [6.07, 6.45) is 3.23. The number of hydrogen-bond acceptors (Lipinski definition) is 4. The lowest BCUT2D eigenvalue weighted by Gasteiger charge is -2.18. The van der Waals surface area contributed by atoms with E-state index in [-0.39, 0.29) is 11.7 Å². The lowest BCUT2D eigenvalue weighted by Crippen LogP contribution is -2.28. The van der Waals surface area contributed by atoms with Gasteiger partial charge in [0, 0.05) is 34.9 Å². The molecule has 18 heavy (non-hydrogen) atoms. The zero-order valence-electron chi connectivity index (χ0n) is 10.4. The normalized spacial score (nSPS) is 12.2. The van der Waals surface area contributed by atoms with Crippen LogP contribution in [0.3, 0.4) is 0 Å². The van der Waals surface area contributed by atoms with Gasteiger partial charge in [-0.2, -0.15) is 0 Å². The highest BCUT2D eigenvalue weighted by atomic mass is 79.9. The van der Waals surface area contributed by atoms with Crippen molar-refractivity contribution in [3.05, 3.63) is 32.8 Å². The summed E-state index contributed by atoms with van der Waals surface area (Å²) in [6.45, 7) is 2.68. The van der Waals surface area contributed by atoms with Crippen molar-refractivity contribution in [1.29, 1.82) is 0 Å². The average molecular weight is 316 g/mol. The molecule has 0 aromatic heterocycles. The van der Waals surface area contributed by atoms with Crippen molar-refractivity contribution in [1.82, 2.24) is 0 Å². The minimum absolute atomic E-state index is 0.0743. The molecule has 1 aromatic carbocycles. The Hall–Kier alpha value is -1.14. The number of unbranched alkanes of at least 4 members (excludes halogenated alkanes) is 1. The lowest BCUT2D eigenvalue weighted by molar-refractivity contribution is -0.384. The first kappa shape index (κ1) is 14.9. The van der Waals surface area contributed by atoms with E-state index in [0.717, 1.165) is 24.9 Å². The predicted molar refractivity (Wildman–Crippen MR) is 76.8 cm³/mol. The van der Waals surface area contributed by atoms with Crippen molar-refractivity contribution in [3.8, 4) is 0 Å². The number of halogens is 1. The Morgan fingerprint density at radius 1 is 1.56 bits per heavy atom. The van der Waals surface area contributed by atoms with E-state index in [0.29, 0.717) is 11.0 Å². The van der Waals surface area contributed by atoms with Gasteiger partial charge in [0.25, 0.3) is 5.69 Å². The van der Waals surface area contributed by atoms with Gasteiger partial charge in [-0.1, -0.05) is 19.8 Å². The van der Waals surface area contributed by atoms with Crippen LogP contribution in [0.4, 0.5) is 11.4 Å². The van der Waals surface area contributed by atoms with E-state index in [2.05, 4.69) is 28.2 Å². The van der Waals surface area contributed by atoms with Crippen LogP contribution in [-0.4, -0.2) is 17.5 Å². The van der Waals surface area contributed by atoms with Gasteiger partial charge < -0.3 is 11.1 Å². The molecule has 3 N–H and O–H groups in total. The molecule has 1 rings (SSSR count). The van der Waals surface area contributed by atoms with E-state index >= 15 is 0 Å². The third-order valence-electron chi connectivity index (χ3n) is 2.71. The number of nitrogens with one attached hydrogen (secondary N) is 1. The molecule has 0 saturated heterocycles. The minimum atomic E-state index is -0.411. The first-order valence-corrected chi connectivity index (χ1v) is 6.78. The van der Waals surface area contributed by atoms with Crippen molar-refractivity contribution >= 4 is 27.3 Å². The second-order valence-electron chi connectivity index (χ2n) is 4.14. The largest absolute Gasteiger partial charge is 0.380 e. The van der Waals surface area contributed by atoms with Gasteiger partial charge >= 0.3 is 0 Å². The van der Waals surface area contributed by atoms with Crippen LogP contribution in [-0.2, 0) is 0 Å². The molecule has 0 aliphatic rings. The van der Waals surface area contributed by atoms with Crippen molar-refractivity contribution in [2.75, 3.05) is 11.9 Å². The molecule has 1 atom stereocenters. The maximum atomic E-state index is 10.6. The number of non-ortho nitro benzene ring substituents is 1. The summed E-state index contributed by atoms with van der Waals surface area (Å²) >= 11 is 3.33. The zero-order chi connectivity index (χ0) is 13.5. The van der Waals surface area contributed by atoms with E-state index in [1.807, 2.05) is 0 Å². The summed E-state index contributed by atoms with van der Waals surface area (Å²) in [5.74, 6) is 0. The van der Waals surface area contributed by atoms with Gasteiger partial charge in [0.2, 0.25) is 0 Å². The van der Waals surface area contributed by atoms with Gasteiger partial charge in [0.15, 0.2) is 0 Å². The van der Waals surface area contributed by atoms with Gasteiger partial charge in [-0.05, 0) is 28.4 Å². The Balaban J connectivity index is 2.74. The number of nitrogens with zero attached hydrogens (tertiary/aromatic N) is 1. The molecule has 0 saturated carbocycles. The molecule has 0 spiro atoms. The molecule has 1 aromatic rings. The SMILES string of the molecule is CCCCC(CN)Nc1ccc([N+](=O)[O-])cc1Br. The van der Waals surface area contributed by atoms with Crippen molar-refractivity contribution < 1.29 is 4.92 Å². The molecular weight excluding hydrogens is 298 g/mol. The Bertz CT molecular complexity index is 412. The molecule has 6 heteroatoms. The van der Waals surface area contributed by atoms with Crippen LogP contribution >= 0.6 is 15.9 Å². The fourth-order valence-electron chi connectivity index (χ4n) is 1.65. The fraction of sp³-hybridized carbons (Fsp3) is 0.500. The summed E-state index contributed by atoms with van der Waals surface area (Å²) in [5.41, 5.74) is 6.62. The standard InChI is InChI=1S/C12H18BrN3O2/c1-2-3-4-9(8-14)15-12-6-5-10(16(17)18)7-11(12)13/h5-7,9,15H,2-4,8,14H2,1H3. The molecule has 1 unspecified atom stereocenters. The van der Waals surface area contributed by atoms with Crippen LogP contribution in [0.15, 0.2) is 22.7 Å². The van der Waals surface area contributed by atoms with Gasteiger partial charge in [-0.15, -0.1) is 0 Å².